The van der Waals surface area contributed by atoms with Gasteiger partial charge in [-0.1, -0.05) is 29.3 Å². The van der Waals surface area contributed by atoms with Crippen LogP contribution in [-0.2, 0) is 0 Å². The summed E-state index contributed by atoms with van der Waals surface area (Å²) in [5.41, 5.74) is 1.41. The standard InChI is InChI=1S/C12H6Cl2N3/c13-8-4-3-5-9(14)11(8)12-16-15-10-6-1-2-7-17(10)12/h1,3-7H. The highest BCUT2D eigenvalue weighted by molar-refractivity contribution is 6.39. The number of rotatable bonds is 1. The lowest BCUT2D eigenvalue weighted by molar-refractivity contribution is 1.11. The first-order chi connectivity index (χ1) is 8.27. The number of fused-ring (bicyclic) bond motifs is 1. The van der Waals surface area contributed by atoms with Crippen LogP contribution in [0.5, 0.6) is 0 Å². The van der Waals surface area contributed by atoms with Crippen molar-refractivity contribution in [1.29, 1.82) is 0 Å². The molecule has 1 radical (unpaired) electrons. The first kappa shape index (κ1) is 10.6. The molecule has 2 aromatic heterocycles. The zero-order valence-corrected chi connectivity index (χ0v) is 10.1. The maximum absolute atomic E-state index is 6.15. The van der Waals surface area contributed by atoms with E-state index >= 15 is 0 Å². The van der Waals surface area contributed by atoms with Gasteiger partial charge in [0.2, 0.25) is 0 Å². The Kier molecular flexibility index (Phi) is 2.50. The summed E-state index contributed by atoms with van der Waals surface area (Å²) in [6.07, 6.45) is 1.75. The Balaban J connectivity index is 2.35. The van der Waals surface area contributed by atoms with Gasteiger partial charge in [-0.25, -0.2) is 0 Å². The Bertz CT molecular complexity index is 671. The summed E-state index contributed by atoms with van der Waals surface area (Å²) >= 11 is 12.3. The highest BCUT2D eigenvalue weighted by Gasteiger charge is 2.14. The van der Waals surface area contributed by atoms with Crippen molar-refractivity contribution in [3.8, 4) is 11.4 Å². The number of pyridine rings is 1. The molecular weight excluding hydrogens is 257 g/mol. The molecule has 3 nitrogen and oxygen atoms in total. The fourth-order valence-corrected chi connectivity index (χ4v) is 2.23. The quantitative estimate of drug-likeness (QED) is 0.672. The normalized spacial score (nSPS) is 10.9. The predicted molar refractivity (Wildman–Crippen MR) is 67.3 cm³/mol. The van der Waals surface area contributed by atoms with E-state index in [9.17, 15) is 0 Å². The Morgan fingerprint density at radius 2 is 1.82 bits per heavy atom. The molecule has 0 bridgehead atoms. The maximum atomic E-state index is 6.15. The van der Waals surface area contributed by atoms with Gasteiger partial charge < -0.3 is 0 Å². The van der Waals surface area contributed by atoms with E-state index in [4.69, 9.17) is 23.2 Å². The summed E-state index contributed by atoms with van der Waals surface area (Å²) < 4.78 is 1.80. The largest absolute Gasteiger partial charge is 0.282 e. The number of hydrogen-bond donors (Lipinski definition) is 0. The molecule has 3 rings (SSSR count). The monoisotopic (exact) mass is 262 g/mol. The summed E-state index contributed by atoms with van der Waals surface area (Å²) in [5, 5.41) is 9.27. The molecule has 0 saturated heterocycles. The molecule has 5 heteroatoms. The minimum Gasteiger partial charge on any atom is -0.282 e. The first-order valence-corrected chi connectivity index (χ1v) is 5.68. The molecule has 0 aliphatic heterocycles. The van der Waals surface area contributed by atoms with E-state index in [1.54, 1.807) is 34.9 Å². The lowest BCUT2D eigenvalue weighted by Crippen LogP contribution is -1.90. The Morgan fingerprint density at radius 1 is 1.06 bits per heavy atom. The Labute approximate surface area is 108 Å². The average molecular weight is 263 g/mol. The van der Waals surface area contributed by atoms with Gasteiger partial charge in [-0.3, -0.25) is 4.40 Å². The van der Waals surface area contributed by atoms with E-state index in [0.717, 1.165) is 5.65 Å². The molecule has 0 unspecified atom stereocenters. The van der Waals surface area contributed by atoms with E-state index in [1.165, 1.54) is 0 Å². The van der Waals surface area contributed by atoms with Gasteiger partial charge in [-0.2, -0.15) is 0 Å². The maximum Gasteiger partial charge on any atom is 0.171 e. The number of halogens is 2. The van der Waals surface area contributed by atoms with Crippen LogP contribution in [0.15, 0.2) is 36.5 Å². The van der Waals surface area contributed by atoms with Crippen LogP contribution in [-0.4, -0.2) is 14.6 Å². The van der Waals surface area contributed by atoms with Crippen LogP contribution in [0.4, 0.5) is 0 Å². The zero-order valence-electron chi connectivity index (χ0n) is 8.56. The molecule has 0 amide bonds. The lowest BCUT2D eigenvalue weighted by Gasteiger charge is -2.04. The van der Waals surface area contributed by atoms with Crippen molar-refractivity contribution in [2.24, 2.45) is 0 Å². The smallest absolute Gasteiger partial charge is 0.171 e. The van der Waals surface area contributed by atoms with Crippen molar-refractivity contribution in [3.63, 3.8) is 0 Å². The predicted octanol–water partition coefficient (Wildman–Crippen LogP) is 3.50. The third-order valence-electron chi connectivity index (χ3n) is 2.44. The molecule has 0 saturated carbocycles. The highest BCUT2D eigenvalue weighted by atomic mass is 35.5. The molecule has 3 aromatic rings. The minimum absolute atomic E-state index is 0.552. The molecular formula is C12H6Cl2N3. The van der Waals surface area contributed by atoms with Crippen molar-refractivity contribution in [1.82, 2.24) is 14.6 Å². The third kappa shape index (κ3) is 1.68. The Hall–Kier alpha value is -1.58. The summed E-state index contributed by atoms with van der Waals surface area (Å²) in [5.74, 6) is 0.618. The van der Waals surface area contributed by atoms with E-state index in [-0.39, 0.29) is 0 Å². The number of hydrogen-bond acceptors (Lipinski definition) is 2. The second-order valence-corrected chi connectivity index (χ2v) is 4.29. The van der Waals surface area contributed by atoms with Crippen molar-refractivity contribution in [3.05, 3.63) is 52.6 Å². The highest BCUT2D eigenvalue weighted by Crippen LogP contribution is 2.33. The van der Waals surface area contributed by atoms with Crippen molar-refractivity contribution in [2.75, 3.05) is 0 Å². The van der Waals surface area contributed by atoms with E-state index in [0.29, 0.717) is 21.4 Å². The van der Waals surface area contributed by atoms with Crippen LogP contribution in [0.25, 0.3) is 17.0 Å². The van der Waals surface area contributed by atoms with Crippen LogP contribution in [0, 0.1) is 6.07 Å². The van der Waals surface area contributed by atoms with Gasteiger partial charge in [-0.05, 0) is 24.3 Å². The molecule has 0 N–H and O–H groups in total. The van der Waals surface area contributed by atoms with Gasteiger partial charge in [0.1, 0.15) is 0 Å². The molecule has 17 heavy (non-hydrogen) atoms. The summed E-state index contributed by atoms with van der Waals surface area (Å²) in [6, 6.07) is 11.9. The number of nitrogens with zero attached hydrogens (tertiary/aromatic N) is 3. The van der Waals surface area contributed by atoms with Crippen molar-refractivity contribution in [2.45, 2.75) is 0 Å². The fraction of sp³-hybridized carbons (Fsp3) is 0. The summed E-state index contributed by atoms with van der Waals surface area (Å²) in [4.78, 5) is 0. The minimum atomic E-state index is 0.552. The topological polar surface area (TPSA) is 30.2 Å². The third-order valence-corrected chi connectivity index (χ3v) is 3.07. The van der Waals surface area contributed by atoms with E-state index < -0.39 is 0 Å². The molecule has 1 aromatic carbocycles. The molecule has 0 atom stereocenters. The lowest BCUT2D eigenvalue weighted by atomic mass is 10.2. The fourth-order valence-electron chi connectivity index (χ4n) is 1.67. The van der Waals surface area contributed by atoms with E-state index in [2.05, 4.69) is 16.3 Å². The second-order valence-electron chi connectivity index (χ2n) is 3.48. The zero-order chi connectivity index (χ0) is 11.8. The summed E-state index contributed by atoms with van der Waals surface area (Å²) in [7, 11) is 0. The molecule has 0 aliphatic carbocycles. The van der Waals surface area contributed by atoms with Gasteiger partial charge in [0.05, 0.1) is 15.6 Å². The number of benzene rings is 1. The van der Waals surface area contributed by atoms with Gasteiger partial charge in [0, 0.05) is 12.3 Å². The first-order valence-electron chi connectivity index (χ1n) is 4.92. The Morgan fingerprint density at radius 3 is 2.59 bits per heavy atom. The summed E-state index contributed by atoms with van der Waals surface area (Å²) in [6.45, 7) is 0. The molecule has 0 spiro atoms. The van der Waals surface area contributed by atoms with Crippen molar-refractivity contribution < 1.29 is 0 Å². The van der Waals surface area contributed by atoms with Crippen LogP contribution in [0.3, 0.4) is 0 Å². The average Bonchev–Trinajstić information content (AvgIpc) is 2.73. The second kappa shape index (κ2) is 4.02. The van der Waals surface area contributed by atoms with Crippen LogP contribution < -0.4 is 0 Å². The van der Waals surface area contributed by atoms with Crippen LogP contribution >= 0.6 is 23.2 Å². The van der Waals surface area contributed by atoms with Gasteiger partial charge in [-0.15, -0.1) is 10.2 Å². The van der Waals surface area contributed by atoms with Gasteiger partial charge in [0.15, 0.2) is 11.5 Å². The van der Waals surface area contributed by atoms with Gasteiger partial charge in [0.25, 0.3) is 0 Å². The van der Waals surface area contributed by atoms with Crippen molar-refractivity contribution >= 4 is 28.8 Å². The van der Waals surface area contributed by atoms with E-state index in [1.807, 2.05) is 6.07 Å². The van der Waals surface area contributed by atoms with Crippen LogP contribution in [0.2, 0.25) is 10.0 Å². The van der Waals surface area contributed by atoms with Crippen LogP contribution in [0.1, 0.15) is 0 Å². The SMILES string of the molecule is Clc1cccc(Cl)c1-c1nnc2cc[c]cn12. The molecule has 83 valence electrons. The molecule has 0 fully saturated rings. The molecule has 0 aliphatic rings. The number of aromatic nitrogens is 3. The molecule has 2 heterocycles. The van der Waals surface area contributed by atoms with Gasteiger partial charge >= 0.3 is 0 Å².